The maximum absolute atomic E-state index is 13.1. The van der Waals surface area contributed by atoms with Gasteiger partial charge in [0.2, 0.25) is 0 Å². The Morgan fingerprint density at radius 1 is 1.00 bits per heavy atom. The third-order valence-corrected chi connectivity index (χ3v) is 4.31. The van der Waals surface area contributed by atoms with E-state index in [2.05, 4.69) is 10.3 Å². The van der Waals surface area contributed by atoms with Gasteiger partial charge in [0.15, 0.2) is 0 Å². The minimum absolute atomic E-state index is 0.241. The van der Waals surface area contributed by atoms with Crippen molar-refractivity contribution in [3.05, 3.63) is 54.1 Å². The number of fused-ring (bicyclic) bond motifs is 2. The van der Waals surface area contributed by atoms with Gasteiger partial charge in [-0.05, 0) is 24.5 Å². The number of carbonyl (C=O) groups is 2. The molecule has 0 fully saturated rings. The van der Waals surface area contributed by atoms with E-state index in [9.17, 15) is 9.59 Å². The monoisotopic (exact) mass is 350 g/mol. The van der Waals surface area contributed by atoms with E-state index in [0.29, 0.717) is 12.0 Å². The number of rotatable bonds is 5. The summed E-state index contributed by atoms with van der Waals surface area (Å²) >= 11 is 0. The lowest BCUT2D eigenvalue weighted by Crippen LogP contribution is -2.42. The molecule has 26 heavy (non-hydrogen) atoms. The summed E-state index contributed by atoms with van der Waals surface area (Å²) in [6.07, 6.45) is 0.513. The van der Waals surface area contributed by atoms with Crippen molar-refractivity contribution >= 4 is 33.7 Å². The van der Waals surface area contributed by atoms with Gasteiger partial charge in [-0.3, -0.25) is 4.79 Å². The van der Waals surface area contributed by atoms with Crippen LogP contribution in [0.2, 0.25) is 0 Å². The Labute approximate surface area is 152 Å². The van der Waals surface area contributed by atoms with Gasteiger partial charge in [0, 0.05) is 10.8 Å². The van der Waals surface area contributed by atoms with E-state index in [1.165, 1.54) is 7.11 Å². The first-order chi connectivity index (χ1) is 12.5. The van der Waals surface area contributed by atoms with Gasteiger partial charge in [-0.1, -0.05) is 50.2 Å². The summed E-state index contributed by atoms with van der Waals surface area (Å²) < 4.78 is 4.86. The highest BCUT2D eigenvalue weighted by atomic mass is 16.5. The molecule has 0 bridgehead atoms. The summed E-state index contributed by atoms with van der Waals surface area (Å²) in [5.41, 5.74) is 2.02. The van der Waals surface area contributed by atoms with Crippen molar-refractivity contribution < 1.29 is 14.3 Å². The highest BCUT2D eigenvalue weighted by Gasteiger charge is 2.25. The standard InChI is InChI=1S/C21H22N2O3/c1-13(2)12-18(21(25)26-3)23-20(24)19-14-8-4-6-10-16(14)22-17-11-7-5-9-15(17)19/h4-11,13,18H,12H2,1-3H3,(H,23,24)/t18-/m0/s1. The number of carbonyl (C=O) groups excluding carboxylic acids is 2. The van der Waals surface area contributed by atoms with Gasteiger partial charge in [-0.15, -0.1) is 0 Å². The Bertz CT molecular complexity index is 912. The highest BCUT2D eigenvalue weighted by Crippen LogP contribution is 2.26. The second kappa shape index (κ2) is 7.52. The van der Waals surface area contributed by atoms with E-state index in [-0.39, 0.29) is 11.8 Å². The predicted octanol–water partition coefficient (Wildman–Crippen LogP) is 3.71. The molecule has 134 valence electrons. The quantitative estimate of drug-likeness (QED) is 0.563. The molecule has 0 radical (unpaired) electrons. The van der Waals surface area contributed by atoms with Crippen LogP contribution >= 0.6 is 0 Å². The van der Waals surface area contributed by atoms with Crippen LogP contribution in [0.5, 0.6) is 0 Å². The van der Waals surface area contributed by atoms with Crippen LogP contribution in [-0.4, -0.2) is 30.0 Å². The van der Waals surface area contributed by atoms with Crippen LogP contribution in [0.3, 0.4) is 0 Å². The van der Waals surface area contributed by atoms with Crippen LogP contribution in [0.15, 0.2) is 48.5 Å². The van der Waals surface area contributed by atoms with Crippen molar-refractivity contribution in [1.82, 2.24) is 10.3 Å². The Morgan fingerprint density at radius 2 is 1.54 bits per heavy atom. The average molecular weight is 350 g/mol. The molecule has 1 aromatic heterocycles. The van der Waals surface area contributed by atoms with Crippen LogP contribution in [-0.2, 0) is 9.53 Å². The Kier molecular flexibility index (Phi) is 5.16. The maximum Gasteiger partial charge on any atom is 0.328 e. The summed E-state index contributed by atoms with van der Waals surface area (Å²) in [7, 11) is 1.33. The number of ether oxygens (including phenoxy) is 1. The summed E-state index contributed by atoms with van der Waals surface area (Å²) in [6.45, 7) is 4.00. The molecule has 1 atom stereocenters. The second-order valence-corrected chi connectivity index (χ2v) is 6.70. The zero-order valence-corrected chi connectivity index (χ0v) is 15.2. The maximum atomic E-state index is 13.1. The van der Waals surface area contributed by atoms with E-state index in [0.717, 1.165) is 21.8 Å². The first kappa shape index (κ1) is 17.9. The van der Waals surface area contributed by atoms with E-state index in [4.69, 9.17) is 4.74 Å². The second-order valence-electron chi connectivity index (χ2n) is 6.70. The third kappa shape index (κ3) is 3.52. The fourth-order valence-electron chi connectivity index (χ4n) is 3.14. The van der Waals surface area contributed by atoms with E-state index in [1.807, 2.05) is 62.4 Å². The number of methoxy groups -OCH3 is 1. The molecule has 0 aliphatic rings. The summed E-state index contributed by atoms with van der Waals surface area (Å²) in [5.74, 6) is -0.490. The van der Waals surface area contributed by atoms with Gasteiger partial charge in [-0.2, -0.15) is 0 Å². The van der Waals surface area contributed by atoms with Crippen molar-refractivity contribution in [3.8, 4) is 0 Å². The van der Waals surface area contributed by atoms with Crippen molar-refractivity contribution in [3.63, 3.8) is 0 Å². The SMILES string of the molecule is COC(=O)[C@H](CC(C)C)NC(=O)c1c2ccccc2nc2ccccc12. The normalized spacial score (nSPS) is 12.3. The van der Waals surface area contributed by atoms with Gasteiger partial charge in [0.1, 0.15) is 6.04 Å². The Morgan fingerprint density at radius 3 is 2.04 bits per heavy atom. The van der Waals surface area contributed by atoms with Crippen molar-refractivity contribution in [2.24, 2.45) is 5.92 Å². The summed E-state index contributed by atoms with van der Waals surface area (Å²) in [6, 6.07) is 14.4. The van der Waals surface area contributed by atoms with Crippen molar-refractivity contribution in [1.29, 1.82) is 0 Å². The molecule has 0 aliphatic carbocycles. The molecule has 1 heterocycles. The summed E-state index contributed by atoms with van der Waals surface area (Å²) in [5, 5.41) is 4.38. The number of para-hydroxylation sites is 2. The molecule has 5 heteroatoms. The molecular formula is C21H22N2O3. The fourth-order valence-corrected chi connectivity index (χ4v) is 3.14. The minimum Gasteiger partial charge on any atom is -0.467 e. The predicted molar refractivity (Wildman–Crippen MR) is 102 cm³/mol. The van der Waals surface area contributed by atoms with Gasteiger partial charge < -0.3 is 10.1 Å². The van der Waals surface area contributed by atoms with Crippen molar-refractivity contribution in [2.75, 3.05) is 7.11 Å². The first-order valence-electron chi connectivity index (χ1n) is 8.67. The van der Waals surface area contributed by atoms with Gasteiger partial charge in [0.25, 0.3) is 5.91 Å². The summed E-state index contributed by atoms with van der Waals surface area (Å²) in [4.78, 5) is 29.9. The molecule has 0 saturated carbocycles. The zero-order valence-electron chi connectivity index (χ0n) is 15.2. The number of hydrogen-bond acceptors (Lipinski definition) is 4. The number of pyridine rings is 1. The molecule has 3 aromatic rings. The smallest absolute Gasteiger partial charge is 0.328 e. The Balaban J connectivity index is 2.09. The molecule has 1 N–H and O–H groups in total. The van der Waals surface area contributed by atoms with Crippen molar-refractivity contribution in [2.45, 2.75) is 26.3 Å². The minimum atomic E-state index is -0.682. The molecule has 0 unspecified atom stereocenters. The van der Waals surface area contributed by atoms with Gasteiger partial charge in [-0.25, -0.2) is 9.78 Å². The van der Waals surface area contributed by atoms with Gasteiger partial charge >= 0.3 is 5.97 Å². The molecule has 2 aromatic carbocycles. The fraction of sp³-hybridized carbons (Fsp3) is 0.286. The lowest BCUT2D eigenvalue weighted by molar-refractivity contribution is -0.143. The number of nitrogens with zero attached hydrogens (tertiary/aromatic N) is 1. The third-order valence-electron chi connectivity index (χ3n) is 4.31. The van der Waals surface area contributed by atoms with E-state index < -0.39 is 12.0 Å². The van der Waals surface area contributed by atoms with Crippen LogP contribution in [0.4, 0.5) is 0 Å². The highest BCUT2D eigenvalue weighted by molar-refractivity contribution is 6.16. The lowest BCUT2D eigenvalue weighted by atomic mass is 10.00. The molecule has 0 spiro atoms. The lowest BCUT2D eigenvalue weighted by Gasteiger charge is -2.19. The molecule has 5 nitrogen and oxygen atoms in total. The average Bonchev–Trinajstić information content (AvgIpc) is 2.64. The number of hydrogen-bond donors (Lipinski definition) is 1. The number of benzene rings is 2. The van der Waals surface area contributed by atoms with Crippen LogP contribution in [0.1, 0.15) is 30.6 Å². The zero-order chi connectivity index (χ0) is 18.7. The van der Waals surface area contributed by atoms with E-state index in [1.54, 1.807) is 0 Å². The topological polar surface area (TPSA) is 68.3 Å². The largest absolute Gasteiger partial charge is 0.467 e. The first-order valence-corrected chi connectivity index (χ1v) is 8.67. The molecule has 0 aliphatic heterocycles. The molecule has 3 rings (SSSR count). The molecule has 0 saturated heterocycles. The number of amides is 1. The Hall–Kier alpha value is -2.95. The molecular weight excluding hydrogens is 328 g/mol. The van der Waals surface area contributed by atoms with Gasteiger partial charge in [0.05, 0.1) is 23.7 Å². The number of aromatic nitrogens is 1. The molecule has 1 amide bonds. The van der Waals surface area contributed by atoms with Crippen LogP contribution < -0.4 is 5.32 Å². The number of nitrogens with one attached hydrogen (secondary N) is 1. The number of esters is 1. The van der Waals surface area contributed by atoms with Crippen LogP contribution in [0.25, 0.3) is 21.8 Å². The van der Waals surface area contributed by atoms with Crippen LogP contribution in [0, 0.1) is 5.92 Å². The van der Waals surface area contributed by atoms with E-state index >= 15 is 0 Å².